The molecule has 0 aliphatic carbocycles. The number of hydrogen-bond acceptors (Lipinski definition) is 4. The monoisotopic (exact) mass is 498 g/mol. The summed E-state index contributed by atoms with van der Waals surface area (Å²) in [7, 11) is 1.72. The SMILES string of the molecule is COc1ccc(C(C)C)cc1C[C@H]1[C@@H]2CCN(C(N)[C@@H]2C(=O)O)[C@@H]1C(c1ccccc1)c1ccccc1. The van der Waals surface area contributed by atoms with E-state index in [1.54, 1.807) is 7.11 Å². The molecular weight excluding hydrogens is 460 g/mol. The molecule has 6 atom stereocenters. The van der Waals surface area contributed by atoms with Crippen LogP contribution < -0.4 is 10.5 Å². The number of piperidine rings is 3. The van der Waals surface area contributed by atoms with E-state index in [4.69, 9.17) is 10.5 Å². The highest BCUT2D eigenvalue weighted by Gasteiger charge is 2.56. The second-order valence-corrected chi connectivity index (χ2v) is 10.9. The summed E-state index contributed by atoms with van der Waals surface area (Å²) in [6.07, 6.45) is 1.09. The van der Waals surface area contributed by atoms with Crippen LogP contribution in [0.3, 0.4) is 0 Å². The summed E-state index contributed by atoms with van der Waals surface area (Å²) >= 11 is 0. The molecule has 0 saturated carbocycles. The molecule has 3 aliphatic heterocycles. The minimum Gasteiger partial charge on any atom is -0.496 e. The van der Waals surface area contributed by atoms with Gasteiger partial charge in [0.25, 0.3) is 0 Å². The number of benzene rings is 3. The third-order valence-electron chi connectivity index (χ3n) is 8.68. The van der Waals surface area contributed by atoms with Crippen molar-refractivity contribution in [2.45, 2.75) is 50.7 Å². The zero-order valence-electron chi connectivity index (χ0n) is 22.0. The number of methoxy groups -OCH3 is 1. The maximum absolute atomic E-state index is 12.5. The van der Waals surface area contributed by atoms with Gasteiger partial charge >= 0.3 is 5.97 Å². The zero-order valence-corrected chi connectivity index (χ0v) is 22.0. The number of carboxylic acids is 1. The van der Waals surface area contributed by atoms with Gasteiger partial charge in [-0.3, -0.25) is 9.69 Å². The molecule has 0 amide bonds. The molecule has 0 spiro atoms. The normalized spacial score (nSPS) is 27.0. The Labute approximate surface area is 220 Å². The maximum Gasteiger partial charge on any atom is 0.309 e. The summed E-state index contributed by atoms with van der Waals surface area (Å²) in [5.74, 6) is 0.0720. The first-order valence-corrected chi connectivity index (χ1v) is 13.4. The van der Waals surface area contributed by atoms with Crippen LogP contribution in [0.5, 0.6) is 5.75 Å². The average molecular weight is 499 g/mol. The van der Waals surface area contributed by atoms with E-state index in [1.165, 1.54) is 16.7 Å². The number of aliphatic carboxylic acids is 1. The Bertz CT molecular complexity index is 1170. The number of ether oxygens (including phenoxy) is 1. The number of fused-ring (bicyclic) bond motifs is 3. The molecule has 3 fully saturated rings. The molecule has 3 aromatic rings. The number of nitrogens with zero attached hydrogens (tertiary/aromatic N) is 1. The second-order valence-electron chi connectivity index (χ2n) is 10.9. The summed E-state index contributed by atoms with van der Waals surface area (Å²) in [4.78, 5) is 14.8. The molecule has 5 heteroatoms. The van der Waals surface area contributed by atoms with Crippen LogP contribution in [0, 0.1) is 17.8 Å². The highest BCUT2D eigenvalue weighted by atomic mass is 16.5. The van der Waals surface area contributed by atoms with Crippen molar-refractivity contribution < 1.29 is 14.6 Å². The standard InChI is InChI=1S/C32H38N2O3/c1-20(2)23-14-15-27(37-3)24(18-23)19-26-25-16-17-34(31(33)29(25)32(35)36)30(26)28(21-10-6-4-7-11-21)22-12-8-5-9-13-22/h4-15,18,20,25-26,28-31H,16-17,19,33H2,1-3H3,(H,35,36)/t25-,26-,29+,30-,31?/m0/s1. The molecule has 194 valence electrons. The summed E-state index contributed by atoms with van der Waals surface area (Å²) in [5.41, 5.74) is 11.6. The minimum absolute atomic E-state index is 0.00941. The predicted molar refractivity (Wildman–Crippen MR) is 147 cm³/mol. The number of carbonyl (C=O) groups is 1. The molecular formula is C32H38N2O3. The van der Waals surface area contributed by atoms with Gasteiger partial charge in [-0.25, -0.2) is 0 Å². The van der Waals surface area contributed by atoms with Crippen LogP contribution >= 0.6 is 0 Å². The molecule has 3 aromatic carbocycles. The van der Waals surface area contributed by atoms with Crippen molar-refractivity contribution in [1.82, 2.24) is 4.90 Å². The van der Waals surface area contributed by atoms with E-state index >= 15 is 0 Å². The lowest BCUT2D eigenvalue weighted by molar-refractivity contribution is -0.164. The highest BCUT2D eigenvalue weighted by molar-refractivity contribution is 5.72. The molecule has 6 rings (SSSR count). The van der Waals surface area contributed by atoms with Crippen LogP contribution in [0.2, 0.25) is 0 Å². The lowest BCUT2D eigenvalue weighted by Crippen LogP contribution is -2.70. The van der Waals surface area contributed by atoms with Crippen molar-refractivity contribution >= 4 is 5.97 Å². The number of nitrogens with two attached hydrogens (primary N) is 1. The van der Waals surface area contributed by atoms with Crippen LogP contribution in [-0.4, -0.2) is 41.8 Å². The summed E-state index contributed by atoms with van der Waals surface area (Å²) in [6, 6.07) is 27.7. The molecule has 2 bridgehead atoms. The first kappa shape index (κ1) is 25.5. The topological polar surface area (TPSA) is 75.8 Å². The van der Waals surface area contributed by atoms with Gasteiger partial charge in [0, 0.05) is 18.5 Å². The van der Waals surface area contributed by atoms with Crippen molar-refractivity contribution in [1.29, 1.82) is 0 Å². The molecule has 2 unspecified atom stereocenters. The van der Waals surface area contributed by atoms with Gasteiger partial charge in [0.05, 0.1) is 19.2 Å². The van der Waals surface area contributed by atoms with E-state index in [0.29, 0.717) is 5.92 Å². The Hall–Kier alpha value is -3.15. The van der Waals surface area contributed by atoms with Crippen LogP contribution in [-0.2, 0) is 11.2 Å². The third-order valence-corrected chi connectivity index (χ3v) is 8.68. The summed E-state index contributed by atoms with van der Waals surface area (Å²) in [6.45, 7) is 5.21. The fourth-order valence-electron chi connectivity index (χ4n) is 6.93. The Balaban J connectivity index is 1.65. The molecule has 3 heterocycles. The van der Waals surface area contributed by atoms with Gasteiger partial charge in [-0.1, -0.05) is 86.6 Å². The van der Waals surface area contributed by atoms with E-state index in [2.05, 4.69) is 85.5 Å². The second kappa shape index (κ2) is 10.7. The largest absolute Gasteiger partial charge is 0.496 e. The quantitative estimate of drug-likeness (QED) is 0.429. The molecule has 5 nitrogen and oxygen atoms in total. The van der Waals surface area contributed by atoms with Gasteiger partial charge < -0.3 is 15.6 Å². The van der Waals surface area contributed by atoms with Gasteiger partial charge in [0.15, 0.2) is 0 Å². The lowest BCUT2D eigenvalue weighted by atomic mass is 9.60. The van der Waals surface area contributed by atoms with Gasteiger partial charge in [-0.15, -0.1) is 0 Å². The summed E-state index contributed by atoms with van der Waals surface area (Å²) < 4.78 is 5.81. The zero-order chi connectivity index (χ0) is 26.1. The number of carboxylic acid groups (broad SMARTS) is 1. The fraction of sp³-hybridized carbons (Fsp3) is 0.406. The minimum atomic E-state index is -0.787. The van der Waals surface area contributed by atoms with Gasteiger partial charge in [0.2, 0.25) is 0 Å². The van der Waals surface area contributed by atoms with Crippen molar-refractivity contribution in [3.05, 3.63) is 101 Å². The van der Waals surface area contributed by atoms with Crippen molar-refractivity contribution in [3.8, 4) is 5.75 Å². The molecule has 0 aromatic heterocycles. The van der Waals surface area contributed by atoms with E-state index in [1.807, 2.05) is 12.1 Å². The Kier molecular flexibility index (Phi) is 7.36. The Morgan fingerprint density at radius 2 is 1.62 bits per heavy atom. The van der Waals surface area contributed by atoms with Crippen molar-refractivity contribution in [2.24, 2.45) is 23.5 Å². The Morgan fingerprint density at radius 1 is 1.00 bits per heavy atom. The highest BCUT2D eigenvalue weighted by Crippen LogP contribution is 2.50. The van der Waals surface area contributed by atoms with Crippen molar-refractivity contribution in [2.75, 3.05) is 13.7 Å². The first-order chi connectivity index (χ1) is 17.9. The number of hydrogen-bond donors (Lipinski definition) is 2. The van der Waals surface area contributed by atoms with Crippen LogP contribution in [0.4, 0.5) is 0 Å². The molecule has 3 saturated heterocycles. The van der Waals surface area contributed by atoms with Crippen LogP contribution in [0.1, 0.15) is 54.4 Å². The average Bonchev–Trinajstić information content (AvgIpc) is 2.91. The predicted octanol–water partition coefficient (Wildman–Crippen LogP) is 5.50. The molecule has 37 heavy (non-hydrogen) atoms. The Morgan fingerprint density at radius 3 is 2.16 bits per heavy atom. The van der Waals surface area contributed by atoms with Gasteiger partial charge in [-0.05, 0) is 58.9 Å². The molecule has 3 N–H and O–H groups in total. The van der Waals surface area contributed by atoms with Crippen molar-refractivity contribution in [3.63, 3.8) is 0 Å². The van der Waals surface area contributed by atoms with E-state index in [-0.39, 0.29) is 23.8 Å². The van der Waals surface area contributed by atoms with E-state index in [9.17, 15) is 9.90 Å². The van der Waals surface area contributed by atoms with E-state index < -0.39 is 18.1 Å². The lowest BCUT2D eigenvalue weighted by Gasteiger charge is -2.59. The van der Waals surface area contributed by atoms with Gasteiger partial charge in [0.1, 0.15) is 5.75 Å². The maximum atomic E-state index is 12.5. The smallest absolute Gasteiger partial charge is 0.309 e. The fourth-order valence-corrected chi connectivity index (χ4v) is 6.93. The third kappa shape index (κ3) is 4.78. The van der Waals surface area contributed by atoms with Crippen LogP contribution in [0.25, 0.3) is 0 Å². The first-order valence-electron chi connectivity index (χ1n) is 13.4. The molecule has 3 aliphatic rings. The summed E-state index contributed by atoms with van der Waals surface area (Å²) in [5, 5.41) is 10.3. The van der Waals surface area contributed by atoms with E-state index in [0.717, 1.165) is 30.7 Å². The van der Waals surface area contributed by atoms with Gasteiger partial charge in [-0.2, -0.15) is 0 Å². The van der Waals surface area contributed by atoms with Crippen LogP contribution in [0.15, 0.2) is 78.9 Å². The molecule has 0 radical (unpaired) electrons. The number of rotatable bonds is 8.